The van der Waals surface area contributed by atoms with E-state index in [1.165, 1.54) is 16.7 Å². The van der Waals surface area contributed by atoms with Crippen LogP contribution < -0.4 is 0 Å². The monoisotopic (exact) mass is 294 g/mol. The van der Waals surface area contributed by atoms with Crippen LogP contribution in [0.2, 0.25) is 0 Å². The van der Waals surface area contributed by atoms with E-state index in [0.717, 1.165) is 22.7 Å². The first-order valence-electron chi connectivity index (χ1n) is 7.77. The summed E-state index contributed by atoms with van der Waals surface area (Å²) in [5, 5.41) is 0. The van der Waals surface area contributed by atoms with E-state index >= 15 is 0 Å². The van der Waals surface area contributed by atoms with E-state index < -0.39 is 0 Å². The molecule has 0 aliphatic heterocycles. The topological polar surface area (TPSA) is 25.2 Å². The Hall–Kier alpha value is -1.96. The lowest BCUT2D eigenvalue weighted by Crippen LogP contribution is -2.16. The fourth-order valence-electron chi connectivity index (χ4n) is 2.59. The Morgan fingerprint density at radius 3 is 2.14 bits per heavy atom. The van der Waals surface area contributed by atoms with Crippen molar-refractivity contribution in [3.8, 4) is 11.1 Å². The molecule has 0 N–H and O–H groups in total. The second kappa shape index (κ2) is 6.04. The molecule has 22 heavy (non-hydrogen) atoms. The molecule has 2 heteroatoms. The number of rotatable bonds is 2. The van der Waals surface area contributed by atoms with E-state index in [9.17, 15) is 0 Å². The predicted octanol–water partition coefficient (Wildman–Crippen LogP) is 5.10. The van der Waals surface area contributed by atoms with Crippen LogP contribution in [0.25, 0.3) is 11.1 Å². The van der Waals surface area contributed by atoms with Crippen molar-refractivity contribution in [2.75, 3.05) is 7.05 Å². The molecule has 0 aliphatic carbocycles. The second-order valence-corrected chi connectivity index (χ2v) is 6.94. The molecule has 2 nitrogen and oxygen atoms in total. The van der Waals surface area contributed by atoms with Crippen LogP contribution in [0.3, 0.4) is 0 Å². The number of hydrogen-bond acceptors (Lipinski definition) is 2. The molecule has 1 heterocycles. The largest absolute Gasteiger partial charge is 0.293 e. The maximum Gasteiger partial charge on any atom is 0.0472 e. The van der Waals surface area contributed by atoms with Gasteiger partial charge in [-0.15, -0.1) is 0 Å². The summed E-state index contributed by atoms with van der Waals surface area (Å²) in [4.78, 5) is 9.23. The zero-order chi connectivity index (χ0) is 16.5. The number of aryl methyl sites for hydroxylation is 2. The quantitative estimate of drug-likeness (QED) is 0.707. The number of aliphatic imine (C=N–C) groups is 1. The van der Waals surface area contributed by atoms with E-state index in [2.05, 4.69) is 76.9 Å². The third-order valence-electron chi connectivity index (χ3n) is 4.03. The van der Waals surface area contributed by atoms with Crippen LogP contribution in [0.1, 0.15) is 50.2 Å². The molecule has 0 amide bonds. The fraction of sp³-hybridized carbons (Fsp3) is 0.400. The minimum absolute atomic E-state index is 0.0278. The minimum atomic E-state index is 0.0278. The maximum absolute atomic E-state index is 4.84. The van der Waals surface area contributed by atoms with E-state index in [1.54, 1.807) is 0 Å². The molecule has 0 fully saturated rings. The lowest BCUT2D eigenvalue weighted by molar-refractivity contribution is 0.567. The van der Waals surface area contributed by atoms with Gasteiger partial charge < -0.3 is 0 Å². The number of nitrogens with zero attached hydrogens (tertiary/aromatic N) is 2. The second-order valence-electron chi connectivity index (χ2n) is 6.94. The van der Waals surface area contributed by atoms with Crippen LogP contribution in [0.15, 0.2) is 35.3 Å². The van der Waals surface area contributed by atoms with Gasteiger partial charge in [-0.25, -0.2) is 0 Å². The standard InChI is InChI=1S/C20H26N2/c1-13-8-10-16(11-9-13)17-12-18(20(4,5)6)22-15(3)19(17)14(2)21-7/h8-12H,1-7H3. The van der Waals surface area contributed by atoms with Crippen molar-refractivity contribution in [3.63, 3.8) is 0 Å². The van der Waals surface area contributed by atoms with Gasteiger partial charge in [0.2, 0.25) is 0 Å². The van der Waals surface area contributed by atoms with Crippen LogP contribution in [0, 0.1) is 13.8 Å². The predicted molar refractivity (Wildman–Crippen MR) is 96.0 cm³/mol. The summed E-state index contributed by atoms with van der Waals surface area (Å²) in [7, 11) is 1.84. The summed E-state index contributed by atoms with van der Waals surface area (Å²) in [6, 6.07) is 10.9. The molecule has 1 aromatic heterocycles. The minimum Gasteiger partial charge on any atom is -0.293 e. The highest BCUT2D eigenvalue weighted by atomic mass is 14.8. The Morgan fingerprint density at radius 2 is 1.64 bits per heavy atom. The van der Waals surface area contributed by atoms with Crippen LogP contribution in [-0.4, -0.2) is 17.7 Å². The lowest BCUT2D eigenvalue weighted by atomic mass is 9.87. The molecule has 0 bridgehead atoms. The molecule has 116 valence electrons. The molecule has 0 saturated carbocycles. The molecule has 0 aliphatic rings. The molecule has 0 radical (unpaired) electrons. The van der Waals surface area contributed by atoms with E-state index in [4.69, 9.17) is 4.98 Å². The van der Waals surface area contributed by atoms with Crippen molar-refractivity contribution in [1.82, 2.24) is 4.98 Å². The summed E-state index contributed by atoms with van der Waals surface area (Å²) >= 11 is 0. The van der Waals surface area contributed by atoms with Crippen molar-refractivity contribution in [2.24, 2.45) is 4.99 Å². The average molecular weight is 294 g/mol. The van der Waals surface area contributed by atoms with Gasteiger partial charge in [-0.05, 0) is 38.0 Å². The highest BCUT2D eigenvalue weighted by molar-refractivity contribution is 6.05. The zero-order valence-electron chi connectivity index (χ0n) is 14.8. The Labute approximate surface area is 134 Å². The van der Waals surface area contributed by atoms with Gasteiger partial charge in [0.05, 0.1) is 0 Å². The number of benzene rings is 1. The third kappa shape index (κ3) is 3.27. The molecule has 0 unspecified atom stereocenters. The summed E-state index contributed by atoms with van der Waals surface area (Å²) in [6.07, 6.45) is 0. The molecular formula is C20H26N2. The first kappa shape index (κ1) is 16.4. The third-order valence-corrected chi connectivity index (χ3v) is 4.03. The number of aromatic nitrogens is 1. The Kier molecular flexibility index (Phi) is 4.50. The van der Waals surface area contributed by atoms with Crippen molar-refractivity contribution in [2.45, 2.75) is 47.0 Å². The highest BCUT2D eigenvalue weighted by Gasteiger charge is 2.20. The van der Waals surface area contributed by atoms with Crippen LogP contribution in [0.4, 0.5) is 0 Å². The molecule has 2 rings (SSSR count). The molecular weight excluding hydrogens is 268 g/mol. The summed E-state index contributed by atoms with van der Waals surface area (Å²) in [6.45, 7) is 12.9. The van der Waals surface area contributed by atoms with Crippen molar-refractivity contribution >= 4 is 5.71 Å². The number of pyridine rings is 1. The van der Waals surface area contributed by atoms with E-state index in [-0.39, 0.29) is 5.41 Å². The smallest absolute Gasteiger partial charge is 0.0472 e. The van der Waals surface area contributed by atoms with Crippen LogP contribution in [-0.2, 0) is 5.41 Å². The van der Waals surface area contributed by atoms with Gasteiger partial charge in [-0.2, -0.15) is 0 Å². The zero-order valence-corrected chi connectivity index (χ0v) is 14.8. The van der Waals surface area contributed by atoms with Crippen molar-refractivity contribution < 1.29 is 0 Å². The molecule has 1 aromatic carbocycles. The molecule has 0 atom stereocenters. The van der Waals surface area contributed by atoms with Crippen molar-refractivity contribution in [3.05, 3.63) is 52.8 Å². The van der Waals surface area contributed by atoms with Crippen LogP contribution in [0.5, 0.6) is 0 Å². The van der Waals surface area contributed by atoms with Crippen molar-refractivity contribution in [1.29, 1.82) is 0 Å². The Balaban J connectivity index is 2.77. The normalized spacial score (nSPS) is 12.6. The van der Waals surface area contributed by atoms with E-state index in [0.29, 0.717) is 0 Å². The highest BCUT2D eigenvalue weighted by Crippen LogP contribution is 2.31. The average Bonchev–Trinajstić information content (AvgIpc) is 2.45. The van der Waals surface area contributed by atoms with Gasteiger partial charge >= 0.3 is 0 Å². The SMILES string of the molecule is CN=C(C)c1c(-c2ccc(C)cc2)cc(C(C)(C)C)nc1C. The first-order valence-corrected chi connectivity index (χ1v) is 7.77. The maximum atomic E-state index is 4.84. The summed E-state index contributed by atoms with van der Waals surface area (Å²) in [5.74, 6) is 0. The lowest BCUT2D eigenvalue weighted by Gasteiger charge is -2.22. The van der Waals surface area contributed by atoms with Gasteiger partial charge in [0.1, 0.15) is 0 Å². The summed E-state index contributed by atoms with van der Waals surface area (Å²) in [5.41, 5.74) is 8.09. The Morgan fingerprint density at radius 1 is 1.05 bits per heavy atom. The van der Waals surface area contributed by atoms with E-state index in [1.807, 2.05) is 7.05 Å². The van der Waals surface area contributed by atoms with Gasteiger partial charge in [0.25, 0.3) is 0 Å². The van der Waals surface area contributed by atoms with Gasteiger partial charge in [-0.3, -0.25) is 9.98 Å². The van der Waals surface area contributed by atoms with Gasteiger partial charge in [0, 0.05) is 35.1 Å². The van der Waals surface area contributed by atoms with Crippen LogP contribution >= 0.6 is 0 Å². The summed E-state index contributed by atoms with van der Waals surface area (Å²) < 4.78 is 0. The molecule has 2 aromatic rings. The Bertz CT molecular complexity index is 702. The molecule has 0 spiro atoms. The number of hydrogen-bond donors (Lipinski definition) is 0. The first-order chi connectivity index (χ1) is 10.2. The fourth-order valence-corrected chi connectivity index (χ4v) is 2.59. The van der Waals surface area contributed by atoms with Gasteiger partial charge in [-0.1, -0.05) is 50.6 Å². The molecule has 0 saturated heterocycles. The van der Waals surface area contributed by atoms with Gasteiger partial charge in [0.15, 0.2) is 0 Å².